The van der Waals surface area contributed by atoms with Crippen LogP contribution < -0.4 is 4.74 Å². The Kier molecular flexibility index (Phi) is 4.17. The van der Waals surface area contributed by atoms with Crippen molar-refractivity contribution < 1.29 is 9.53 Å². The van der Waals surface area contributed by atoms with Crippen LogP contribution in [0.4, 0.5) is 0 Å². The first-order valence-electron chi connectivity index (χ1n) is 8.66. The zero-order valence-corrected chi connectivity index (χ0v) is 14.9. The van der Waals surface area contributed by atoms with Gasteiger partial charge in [0.05, 0.1) is 18.3 Å². The highest BCUT2D eigenvalue weighted by molar-refractivity contribution is 6.14. The Morgan fingerprint density at radius 3 is 2.81 bits per heavy atom. The molecule has 0 atom stereocenters. The molecule has 4 heteroatoms. The maximum atomic E-state index is 12.9. The number of carbonyl (C=O) groups is 1. The third-order valence-electron chi connectivity index (χ3n) is 4.53. The van der Waals surface area contributed by atoms with E-state index in [2.05, 4.69) is 17.2 Å². The summed E-state index contributed by atoms with van der Waals surface area (Å²) >= 11 is 0. The number of benzene rings is 2. The van der Waals surface area contributed by atoms with Gasteiger partial charge in [0.2, 0.25) is 0 Å². The molecule has 4 nitrogen and oxygen atoms in total. The highest BCUT2D eigenvalue weighted by atomic mass is 16.5. The summed E-state index contributed by atoms with van der Waals surface area (Å²) in [5, 5.41) is 4.40. The summed E-state index contributed by atoms with van der Waals surface area (Å²) in [5.74, 6) is 0.726. The average Bonchev–Trinajstić information content (AvgIpc) is 3.05. The molecule has 4 rings (SSSR count). The molecule has 1 aromatic heterocycles. The molecule has 1 aliphatic rings. The number of ketones is 1. The van der Waals surface area contributed by atoms with Crippen molar-refractivity contribution in [3.8, 4) is 5.75 Å². The summed E-state index contributed by atoms with van der Waals surface area (Å²) in [4.78, 5) is 12.9. The van der Waals surface area contributed by atoms with Gasteiger partial charge in [-0.05, 0) is 42.7 Å². The molecule has 0 unspecified atom stereocenters. The topological polar surface area (TPSA) is 44.1 Å². The molecule has 0 saturated heterocycles. The van der Waals surface area contributed by atoms with Gasteiger partial charge in [-0.1, -0.05) is 36.4 Å². The number of aryl methyl sites for hydroxylation is 2. The van der Waals surface area contributed by atoms with Gasteiger partial charge in [0.1, 0.15) is 12.4 Å². The van der Waals surface area contributed by atoms with Gasteiger partial charge in [0, 0.05) is 17.3 Å². The van der Waals surface area contributed by atoms with Crippen LogP contribution in [0.3, 0.4) is 0 Å². The minimum Gasteiger partial charge on any atom is -0.488 e. The van der Waals surface area contributed by atoms with Gasteiger partial charge in [-0.3, -0.25) is 9.48 Å². The van der Waals surface area contributed by atoms with E-state index in [1.54, 1.807) is 6.20 Å². The molecule has 0 bridgehead atoms. The van der Waals surface area contributed by atoms with Crippen LogP contribution >= 0.6 is 0 Å². The smallest absolute Gasteiger partial charge is 0.196 e. The number of ether oxygens (including phenoxy) is 1. The number of rotatable bonds is 3. The maximum absolute atomic E-state index is 12.9. The third-order valence-corrected chi connectivity index (χ3v) is 4.53. The van der Waals surface area contributed by atoms with Crippen molar-refractivity contribution in [2.75, 3.05) is 6.61 Å². The lowest BCUT2D eigenvalue weighted by Crippen LogP contribution is -2.20. The molecule has 130 valence electrons. The summed E-state index contributed by atoms with van der Waals surface area (Å²) < 4.78 is 7.70. The molecule has 2 aromatic carbocycles. The van der Waals surface area contributed by atoms with Crippen LogP contribution in [0.15, 0.2) is 60.4 Å². The van der Waals surface area contributed by atoms with E-state index in [1.807, 2.05) is 61.1 Å². The molecule has 0 spiro atoms. The van der Waals surface area contributed by atoms with E-state index in [-0.39, 0.29) is 5.78 Å². The summed E-state index contributed by atoms with van der Waals surface area (Å²) in [7, 11) is 0. The van der Waals surface area contributed by atoms with E-state index in [0.29, 0.717) is 30.0 Å². The quantitative estimate of drug-likeness (QED) is 0.669. The van der Waals surface area contributed by atoms with Crippen molar-refractivity contribution in [1.82, 2.24) is 9.78 Å². The van der Waals surface area contributed by atoms with Crippen LogP contribution in [-0.4, -0.2) is 22.2 Å². The molecule has 0 fully saturated rings. The Hall–Kier alpha value is -3.14. The number of hydrogen-bond acceptors (Lipinski definition) is 3. The molecule has 0 aliphatic carbocycles. The number of Topliss-reactive ketones (excluding diaryl/α,β-unsaturated/α-hetero) is 1. The van der Waals surface area contributed by atoms with Crippen molar-refractivity contribution in [3.05, 3.63) is 88.2 Å². The molecule has 1 aliphatic heterocycles. The van der Waals surface area contributed by atoms with Gasteiger partial charge >= 0.3 is 0 Å². The van der Waals surface area contributed by atoms with Gasteiger partial charge < -0.3 is 4.74 Å². The Labute approximate surface area is 152 Å². The van der Waals surface area contributed by atoms with Crippen molar-refractivity contribution in [3.63, 3.8) is 0 Å². The molecule has 0 saturated carbocycles. The summed E-state index contributed by atoms with van der Waals surface area (Å²) in [6.45, 7) is 4.95. The molecular formula is C22H20N2O2. The maximum Gasteiger partial charge on any atom is 0.196 e. The largest absolute Gasteiger partial charge is 0.488 e. The fourth-order valence-electron chi connectivity index (χ4n) is 3.33. The number of aromatic nitrogens is 2. The van der Waals surface area contributed by atoms with Gasteiger partial charge in [-0.25, -0.2) is 0 Å². The van der Waals surface area contributed by atoms with E-state index < -0.39 is 0 Å². The van der Waals surface area contributed by atoms with E-state index in [0.717, 1.165) is 16.7 Å². The summed E-state index contributed by atoms with van der Waals surface area (Å²) in [6, 6.07) is 14.1. The molecular weight excluding hydrogens is 324 g/mol. The second-order valence-electron chi connectivity index (χ2n) is 6.70. The minimum absolute atomic E-state index is 0.0413. The number of carbonyl (C=O) groups excluding carboxylic acids is 1. The van der Waals surface area contributed by atoms with E-state index in [9.17, 15) is 4.79 Å². The highest BCUT2D eigenvalue weighted by Gasteiger charge is 2.25. The molecule has 0 radical (unpaired) electrons. The van der Waals surface area contributed by atoms with Crippen molar-refractivity contribution >= 4 is 11.9 Å². The number of nitrogens with zero attached hydrogens (tertiary/aromatic N) is 2. The van der Waals surface area contributed by atoms with Gasteiger partial charge in [-0.2, -0.15) is 5.10 Å². The second kappa shape index (κ2) is 6.64. The first-order chi connectivity index (χ1) is 12.6. The summed E-state index contributed by atoms with van der Waals surface area (Å²) in [6.07, 6.45) is 5.60. The number of fused-ring (bicyclic) bond motifs is 1. The lowest BCUT2D eigenvalue weighted by molar-refractivity contribution is 0.1000. The molecule has 0 N–H and O–H groups in total. The Bertz CT molecular complexity index is 1000. The van der Waals surface area contributed by atoms with Crippen LogP contribution in [0.1, 0.15) is 32.6 Å². The monoisotopic (exact) mass is 344 g/mol. The van der Waals surface area contributed by atoms with E-state index in [1.165, 1.54) is 5.56 Å². The lowest BCUT2D eigenvalue weighted by atomic mass is 9.94. The van der Waals surface area contributed by atoms with Crippen LogP contribution in [0.2, 0.25) is 0 Å². The standard InChI is InChI=1S/C22H20N2O2/c1-15-8-16(2)21-20(9-15)26-14-19(22(21)25)10-18-11-23-24(13-18)12-17-6-4-3-5-7-17/h3-11,13H,12,14H2,1-2H3. The predicted molar refractivity (Wildman–Crippen MR) is 101 cm³/mol. The average molecular weight is 344 g/mol. The Morgan fingerprint density at radius 1 is 1.19 bits per heavy atom. The first-order valence-corrected chi connectivity index (χ1v) is 8.66. The minimum atomic E-state index is 0.0413. The lowest BCUT2D eigenvalue weighted by Gasteiger charge is -2.21. The zero-order valence-electron chi connectivity index (χ0n) is 14.9. The van der Waals surface area contributed by atoms with Gasteiger partial charge in [0.25, 0.3) is 0 Å². The van der Waals surface area contributed by atoms with Gasteiger partial charge in [-0.15, -0.1) is 0 Å². The fraction of sp³-hybridized carbons (Fsp3) is 0.182. The van der Waals surface area contributed by atoms with E-state index >= 15 is 0 Å². The highest BCUT2D eigenvalue weighted by Crippen LogP contribution is 2.31. The Balaban J connectivity index is 1.58. The Morgan fingerprint density at radius 2 is 2.00 bits per heavy atom. The van der Waals surface area contributed by atoms with Gasteiger partial charge in [0.15, 0.2) is 5.78 Å². The third kappa shape index (κ3) is 3.18. The van der Waals surface area contributed by atoms with Crippen molar-refractivity contribution in [2.24, 2.45) is 0 Å². The molecule has 3 aromatic rings. The fourth-order valence-corrected chi connectivity index (χ4v) is 3.33. The molecule has 26 heavy (non-hydrogen) atoms. The van der Waals surface area contributed by atoms with Crippen LogP contribution in [0.25, 0.3) is 6.08 Å². The number of hydrogen-bond donors (Lipinski definition) is 0. The van der Waals surface area contributed by atoms with E-state index in [4.69, 9.17) is 4.74 Å². The van der Waals surface area contributed by atoms with Crippen molar-refractivity contribution in [2.45, 2.75) is 20.4 Å². The SMILES string of the molecule is Cc1cc(C)c2c(c1)OCC(=Cc1cnn(Cc3ccccc3)c1)C2=O. The van der Waals surface area contributed by atoms with Crippen molar-refractivity contribution in [1.29, 1.82) is 0 Å². The van der Waals surface area contributed by atoms with Crippen LogP contribution in [0, 0.1) is 13.8 Å². The normalized spacial score (nSPS) is 15.0. The molecule has 2 heterocycles. The van der Waals surface area contributed by atoms with Crippen LogP contribution in [0.5, 0.6) is 5.75 Å². The predicted octanol–water partition coefficient (Wildman–Crippen LogP) is 4.21. The first kappa shape index (κ1) is 16.3. The van der Waals surface area contributed by atoms with Crippen LogP contribution in [-0.2, 0) is 6.54 Å². The second-order valence-corrected chi connectivity index (χ2v) is 6.70. The molecule has 0 amide bonds. The summed E-state index contributed by atoms with van der Waals surface area (Å²) in [5.41, 5.74) is 5.47. The zero-order chi connectivity index (χ0) is 18.1.